The van der Waals surface area contributed by atoms with Crippen molar-refractivity contribution in [2.45, 2.75) is 0 Å². The lowest BCUT2D eigenvalue weighted by Crippen LogP contribution is -1.94. The summed E-state index contributed by atoms with van der Waals surface area (Å²) in [6.45, 7) is 7.62. The number of aromatic nitrogens is 2. The normalized spacial score (nSPS) is 11.7. The van der Waals surface area contributed by atoms with Gasteiger partial charge in [0.1, 0.15) is 0 Å². The maximum atomic E-state index is 9.70. The van der Waals surface area contributed by atoms with Crippen molar-refractivity contribution in [3.63, 3.8) is 0 Å². The molecule has 0 atom stereocenters. The highest BCUT2D eigenvalue weighted by Gasteiger charge is 2.21. The van der Waals surface area contributed by atoms with Gasteiger partial charge < -0.3 is 9.13 Å². The first-order chi connectivity index (χ1) is 21.2. The maximum Gasteiger partial charge on any atom is 0.190 e. The second-order valence-electron chi connectivity index (χ2n) is 10.8. The van der Waals surface area contributed by atoms with Gasteiger partial charge >= 0.3 is 0 Å². The van der Waals surface area contributed by atoms with Crippen LogP contribution in [0.15, 0.2) is 121 Å². The molecular weight excluding hydrogens is 545 g/mol. The van der Waals surface area contributed by atoms with Crippen molar-refractivity contribution in [1.82, 2.24) is 9.13 Å². The van der Waals surface area contributed by atoms with Crippen LogP contribution in [0, 0.1) is 17.9 Å². The Hall–Kier alpha value is -5.88. The number of nitriles is 1. The van der Waals surface area contributed by atoms with Crippen molar-refractivity contribution in [2.24, 2.45) is 0 Å². The lowest BCUT2D eigenvalue weighted by Gasteiger charge is -2.09. The summed E-state index contributed by atoms with van der Waals surface area (Å²) in [5, 5.41) is 17.1. The van der Waals surface area contributed by atoms with E-state index >= 15 is 0 Å². The van der Waals surface area contributed by atoms with E-state index in [2.05, 4.69) is 117 Å². The largest absolute Gasteiger partial charge is 0.310 e. The molecule has 5 heteroatoms. The van der Waals surface area contributed by atoms with Crippen LogP contribution in [0.3, 0.4) is 0 Å². The van der Waals surface area contributed by atoms with Gasteiger partial charge in [0.05, 0.1) is 34.7 Å². The van der Waals surface area contributed by atoms with Crippen LogP contribution in [0.25, 0.3) is 80.0 Å². The molecule has 0 bridgehead atoms. The van der Waals surface area contributed by atoms with Crippen LogP contribution >= 0.6 is 11.3 Å². The van der Waals surface area contributed by atoms with Gasteiger partial charge in [-0.3, -0.25) is 0 Å². The highest BCUT2D eigenvalue weighted by Crippen LogP contribution is 2.47. The zero-order valence-electron chi connectivity index (χ0n) is 22.7. The number of benzene rings is 6. The van der Waals surface area contributed by atoms with Crippen molar-refractivity contribution in [3.05, 3.63) is 138 Å². The first-order valence-corrected chi connectivity index (χ1v) is 14.9. The molecule has 0 spiro atoms. The number of hydrogen-bond acceptors (Lipinski definition) is 2. The summed E-state index contributed by atoms with van der Waals surface area (Å²) >= 11 is 1.86. The fourth-order valence-corrected chi connectivity index (χ4v) is 8.20. The van der Waals surface area contributed by atoms with E-state index in [1.807, 2.05) is 29.5 Å². The highest BCUT2D eigenvalue weighted by molar-refractivity contribution is 7.27. The average Bonchev–Trinajstić information content (AvgIpc) is 3.72. The van der Waals surface area contributed by atoms with Crippen LogP contribution in [0.4, 0.5) is 5.69 Å². The van der Waals surface area contributed by atoms with Crippen LogP contribution in [0.2, 0.25) is 0 Å². The van der Waals surface area contributed by atoms with Crippen molar-refractivity contribution >= 4 is 80.8 Å². The van der Waals surface area contributed by atoms with Gasteiger partial charge in [-0.25, -0.2) is 4.85 Å². The van der Waals surface area contributed by atoms with E-state index in [0.29, 0.717) is 11.3 Å². The van der Waals surface area contributed by atoms with E-state index in [1.54, 1.807) is 6.07 Å². The van der Waals surface area contributed by atoms with Crippen LogP contribution in [-0.4, -0.2) is 9.13 Å². The predicted octanol–water partition coefficient (Wildman–Crippen LogP) is 10.7. The Morgan fingerprint density at radius 1 is 0.558 bits per heavy atom. The number of rotatable bonds is 2. The monoisotopic (exact) mass is 564 g/mol. The molecule has 4 nitrogen and oxygen atoms in total. The predicted molar refractivity (Wildman–Crippen MR) is 179 cm³/mol. The van der Waals surface area contributed by atoms with E-state index in [1.165, 1.54) is 47.4 Å². The molecule has 3 aromatic heterocycles. The Morgan fingerprint density at radius 2 is 1.12 bits per heavy atom. The Morgan fingerprint density at radius 3 is 1.70 bits per heavy atom. The zero-order valence-corrected chi connectivity index (χ0v) is 23.6. The minimum absolute atomic E-state index is 0.458. The molecule has 0 amide bonds. The van der Waals surface area contributed by atoms with Gasteiger partial charge in [-0.15, -0.1) is 11.3 Å². The summed E-state index contributed by atoms with van der Waals surface area (Å²) in [6, 6.07) is 44.3. The summed E-state index contributed by atoms with van der Waals surface area (Å²) in [5.74, 6) is 0. The van der Waals surface area contributed by atoms with Gasteiger partial charge in [-0.05, 0) is 54.6 Å². The van der Waals surface area contributed by atoms with Crippen molar-refractivity contribution in [2.75, 3.05) is 0 Å². The SMILES string of the molecule is [C-]#[N+]c1cc(C#N)cc(-n2c3ccccc3c3c4sc5c(ccc6c5c5ccccc5n6-c5ccccc5)c4ccc32)c1. The Kier molecular flexibility index (Phi) is 4.87. The molecule has 6 aromatic carbocycles. The van der Waals surface area contributed by atoms with E-state index in [4.69, 9.17) is 6.57 Å². The topological polar surface area (TPSA) is 38.0 Å². The van der Waals surface area contributed by atoms with Crippen LogP contribution < -0.4 is 0 Å². The summed E-state index contributed by atoms with van der Waals surface area (Å²) in [7, 11) is 0. The fraction of sp³-hybridized carbons (Fsp3) is 0. The average molecular weight is 565 g/mol. The van der Waals surface area contributed by atoms with Crippen LogP contribution in [0.1, 0.15) is 5.56 Å². The van der Waals surface area contributed by atoms with Gasteiger partial charge in [-0.1, -0.05) is 66.7 Å². The van der Waals surface area contributed by atoms with E-state index in [9.17, 15) is 5.26 Å². The lowest BCUT2D eigenvalue weighted by atomic mass is 10.1. The Bertz CT molecular complexity index is 2660. The Labute approximate surface area is 250 Å². The number of para-hydroxylation sites is 3. The molecule has 0 unspecified atom stereocenters. The number of thiophene rings is 1. The lowest BCUT2D eigenvalue weighted by molar-refractivity contribution is 1.18. The molecule has 9 rings (SSSR count). The molecule has 3 heterocycles. The van der Waals surface area contributed by atoms with E-state index in [-0.39, 0.29) is 0 Å². The first kappa shape index (κ1) is 23.8. The minimum atomic E-state index is 0.458. The number of fused-ring (bicyclic) bond motifs is 11. The number of hydrogen-bond donors (Lipinski definition) is 0. The molecule has 0 aliphatic carbocycles. The summed E-state index contributed by atoms with van der Waals surface area (Å²) in [6.07, 6.45) is 0. The van der Waals surface area contributed by atoms with Crippen molar-refractivity contribution in [3.8, 4) is 17.4 Å². The third kappa shape index (κ3) is 3.23. The van der Waals surface area contributed by atoms with Gasteiger partial charge in [-0.2, -0.15) is 5.26 Å². The summed E-state index contributed by atoms with van der Waals surface area (Å²) < 4.78 is 7.09. The summed E-state index contributed by atoms with van der Waals surface area (Å²) in [4.78, 5) is 3.65. The molecule has 0 N–H and O–H groups in total. The molecular formula is C38H20N4S. The van der Waals surface area contributed by atoms with Crippen molar-refractivity contribution in [1.29, 1.82) is 5.26 Å². The smallest absolute Gasteiger partial charge is 0.190 e. The third-order valence-corrected chi connectivity index (χ3v) is 9.77. The van der Waals surface area contributed by atoms with Gasteiger partial charge in [0, 0.05) is 58.7 Å². The molecule has 43 heavy (non-hydrogen) atoms. The second-order valence-corrected chi connectivity index (χ2v) is 11.8. The van der Waals surface area contributed by atoms with E-state index in [0.717, 1.165) is 27.8 Å². The van der Waals surface area contributed by atoms with Crippen molar-refractivity contribution < 1.29 is 0 Å². The molecule has 0 saturated heterocycles. The first-order valence-electron chi connectivity index (χ1n) is 14.0. The zero-order chi connectivity index (χ0) is 28.7. The fourth-order valence-electron chi connectivity index (χ4n) is 6.78. The van der Waals surface area contributed by atoms with Crippen LogP contribution in [-0.2, 0) is 0 Å². The standard InChI is InChI=1S/C38H20N4S/c1-40-24-19-23(22-39)20-26(21-24)42-32-14-8-6-12-30(32)36-34(42)18-16-28-27-15-17-33-35(37(27)43-38(28)36)29-11-5-7-13-31(29)41(33)25-9-3-2-4-10-25/h2-21H. The Balaban J connectivity index is 1.44. The molecule has 0 fully saturated rings. The minimum Gasteiger partial charge on any atom is -0.310 e. The maximum absolute atomic E-state index is 9.70. The third-order valence-electron chi connectivity index (χ3n) is 8.51. The van der Waals surface area contributed by atoms with E-state index < -0.39 is 0 Å². The van der Waals surface area contributed by atoms with Gasteiger partial charge in [0.15, 0.2) is 5.69 Å². The highest BCUT2D eigenvalue weighted by atomic mass is 32.1. The second kappa shape index (κ2) is 8.81. The van der Waals surface area contributed by atoms with Gasteiger partial charge in [0.2, 0.25) is 0 Å². The molecule has 0 aliphatic heterocycles. The molecule has 198 valence electrons. The molecule has 0 aliphatic rings. The molecule has 0 saturated carbocycles. The molecule has 9 aromatic rings. The number of nitrogens with zero attached hydrogens (tertiary/aromatic N) is 4. The van der Waals surface area contributed by atoms with Crippen LogP contribution in [0.5, 0.6) is 0 Å². The molecule has 0 radical (unpaired) electrons. The quantitative estimate of drug-likeness (QED) is 0.192. The summed E-state index contributed by atoms with van der Waals surface area (Å²) in [5.41, 5.74) is 7.43. The van der Waals surface area contributed by atoms with Gasteiger partial charge in [0.25, 0.3) is 0 Å².